The zero-order valence-electron chi connectivity index (χ0n) is 30.0. The highest BCUT2D eigenvalue weighted by Gasteiger charge is 2.16. The number of carboxylic acid groups (broad SMARTS) is 1. The molecule has 0 aliphatic carbocycles. The third-order valence-corrected chi connectivity index (χ3v) is 9.34. The van der Waals surface area contributed by atoms with Gasteiger partial charge in [0.25, 0.3) is 0 Å². The lowest BCUT2D eigenvalue weighted by atomic mass is 10.0. The third kappa shape index (κ3) is 35.4. The smallest absolute Gasteiger partial charge is 0.306 e. The minimum absolute atomic E-state index is 0.0791. The van der Waals surface area contributed by atoms with Crippen LogP contribution >= 0.6 is 0 Å². The molecule has 0 aromatic heterocycles. The van der Waals surface area contributed by atoms with Crippen molar-refractivity contribution in [3.8, 4) is 0 Å². The molecule has 0 aromatic rings. The maximum absolute atomic E-state index is 12.4. The average Bonchev–Trinajstić information content (AvgIpc) is 3.01. The standard InChI is InChI=1S/C40H78O4/c1-3-5-7-9-11-13-15-17-19-21-22-24-26-28-30-32-34-38(36-37-39(41)42)44-40(43)35-33-31-29-27-25-23-20-18-16-14-12-10-8-6-4-2/h38H,3-37H2,1-2H3,(H,41,42). The minimum Gasteiger partial charge on any atom is -0.481 e. The number of carbonyl (C=O) groups excluding carboxylic acids is 1. The monoisotopic (exact) mass is 623 g/mol. The van der Waals surface area contributed by atoms with E-state index in [1.165, 1.54) is 173 Å². The molecule has 0 aliphatic rings. The van der Waals surface area contributed by atoms with Crippen molar-refractivity contribution in [2.45, 2.75) is 245 Å². The van der Waals surface area contributed by atoms with Crippen LogP contribution in [0.15, 0.2) is 0 Å². The summed E-state index contributed by atoms with van der Waals surface area (Å²) in [6.45, 7) is 4.56. The summed E-state index contributed by atoms with van der Waals surface area (Å²) in [6, 6.07) is 0. The molecule has 0 heterocycles. The molecule has 262 valence electrons. The van der Waals surface area contributed by atoms with Crippen LogP contribution in [0.25, 0.3) is 0 Å². The molecular formula is C40H78O4. The highest BCUT2D eigenvalue weighted by atomic mass is 16.5. The molecule has 0 saturated heterocycles. The summed E-state index contributed by atoms with van der Waals surface area (Å²) in [5, 5.41) is 9.12. The second kappa shape index (κ2) is 36.4. The molecule has 1 atom stereocenters. The molecular weight excluding hydrogens is 544 g/mol. The van der Waals surface area contributed by atoms with Gasteiger partial charge in [-0.25, -0.2) is 0 Å². The van der Waals surface area contributed by atoms with E-state index in [4.69, 9.17) is 9.84 Å². The van der Waals surface area contributed by atoms with Gasteiger partial charge < -0.3 is 9.84 Å². The number of hydrogen-bond donors (Lipinski definition) is 1. The zero-order chi connectivity index (χ0) is 32.2. The maximum atomic E-state index is 12.4. The van der Waals surface area contributed by atoms with Crippen LogP contribution in [-0.4, -0.2) is 23.1 Å². The lowest BCUT2D eigenvalue weighted by Crippen LogP contribution is -2.19. The first-order valence-electron chi connectivity index (χ1n) is 20.0. The lowest BCUT2D eigenvalue weighted by molar-refractivity contribution is -0.151. The van der Waals surface area contributed by atoms with Gasteiger partial charge >= 0.3 is 11.9 Å². The molecule has 0 saturated carbocycles. The molecule has 0 aromatic carbocycles. The molecule has 0 rings (SSSR count). The van der Waals surface area contributed by atoms with E-state index in [9.17, 15) is 9.59 Å². The van der Waals surface area contributed by atoms with Gasteiger partial charge in [-0.1, -0.05) is 200 Å². The molecule has 1 N–H and O–H groups in total. The summed E-state index contributed by atoms with van der Waals surface area (Å²) in [5.74, 6) is -0.938. The maximum Gasteiger partial charge on any atom is 0.306 e. The Kier molecular flexibility index (Phi) is 35.5. The molecule has 0 amide bonds. The van der Waals surface area contributed by atoms with E-state index in [0.717, 1.165) is 32.1 Å². The van der Waals surface area contributed by atoms with E-state index in [1.807, 2.05) is 0 Å². The number of hydrogen-bond acceptors (Lipinski definition) is 3. The fourth-order valence-corrected chi connectivity index (χ4v) is 6.35. The number of unbranched alkanes of at least 4 members (excludes halogenated alkanes) is 29. The van der Waals surface area contributed by atoms with Crippen LogP contribution in [-0.2, 0) is 14.3 Å². The molecule has 4 heteroatoms. The Hall–Kier alpha value is -1.06. The van der Waals surface area contributed by atoms with E-state index in [-0.39, 0.29) is 18.5 Å². The summed E-state index contributed by atoms with van der Waals surface area (Å²) in [5.41, 5.74) is 0. The molecule has 0 fully saturated rings. The minimum atomic E-state index is -0.805. The molecule has 0 spiro atoms. The number of ether oxygens (including phenoxy) is 1. The summed E-state index contributed by atoms with van der Waals surface area (Å²) in [4.78, 5) is 23.5. The Morgan fingerprint density at radius 3 is 1.02 bits per heavy atom. The Balaban J connectivity index is 3.67. The summed E-state index contributed by atoms with van der Waals surface area (Å²) in [7, 11) is 0. The van der Waals surface area contributed by atoms with Gasteiger partial charge in [0.1, 0.15) is 6.10 Å². The van der Waals surface area contributed by atoms with E-state index in [0.29, 0.717) is 12.8 Å². The van der Waals surface area contributed by atoms with Gasteiger partial charge in [-0.3, -0.25) is 9.59 Å². The van der Waals surface area contributed by atoms with Crippen LogP contribution in [0.3, 0.4) is 0 Å². The molecule has 44 heavy (non-hydrogen) atoms. The fraction of sp³-hybridized carbons (Fsp3) is 0.950. The number of carbonyl (C=O) groups is 2. The predicted molar refractivity (Wildman–Crippen MR) is 190 cm³/mol. The topological polar surface area (TPSA) is 63.6 Å². The SMILES string of the molecule is CCCCCCCCCCCCCCCCCCC(CCC(=O)O)OC(=O)CCCCCCCCCCCCCCCCC. The largest absolute Gasteiger partial charge is 0.481 e. The van der Waals surface area contributed by atoms with Gasteiger partial charge in [0.15, 0.2) is 0 Å². The van der Waals surface area contributed by atoms with Gasteiger partial charge in [-0.2, -0.15) is 0 Å². The first kappa shape index (κ1) is 42.9. The van der Waals surface area contributed by atoms with E-state index >= 15 is 0 Å². The molecule has 4 nitrogen and oxygen atoms in total. The van der Waals surface area contributed by atoms with Gasteiger partial charge in [0, 0.05) is 12.8 Å². The second-order valence-corrected chi connectivity index (χ2v) is 13.8. The van der Waals surface area contributed by atoms with Crippen LogP contribution in [0.1, 0.15) is 239 Å². The van der Waals surface area contributed by atoms with Crippen LogP contribution in [0, 0.1) is 0 Å². The Morgan fingerprint density at radius 1 is 0.409 bits per heavy atom. The normalized spacial score (nSPS) is 12.0. The first-order chi connectivity index (χ1) is 21.6. The third-order valence-electron chi connectivity index (χ3n) is 9.34. The van der Waals surface area contributed by atoms with Gasteiger partial charge in [-0.15, -0.1) is 0 Å². The van der Waals surface area contributed by atoms with Gasteiger partial charge in [0.2, 0.25) is 0 Å². The fourth-order valence-electron chi connectivity index (χ4n) is 6.35. The quantitative estimate of drug-likeness (QED) is 0.0553. The Morgan fingerprint density at radius 2 is 0.705 bits per heavy atom. The highest BCUT2D eigenvalue weighted by molar-refractivity contribution is 5.69. The lowest BCUT2D eigenvalue weighted by Gasteiger charge is -2.17. The van der Waals surface area contributed by atoms with Crippen LogP contribution in [0.4, 0.5) is 0 Å². The summed E-state index contributed by atoms with van der Waals surface area (Å²) >= 11 is 0. The average molecular weight is 623 g/mol. The van der Waals surface area contributed by atoms with Crippen molar-refractivity contribution in [2.24, 2.45) is 0 Å². The zero-order valence-corrected chi connectivity index (χ0v) is 30.0. The van der Waals surface area contributed by atoms with E-state index in [2.05, 4.69) is 13.8 Å². The van der Waals surface area contributed by atoms with E-state index in [1.54, 1.807) is 0 Å². The molecule has 1 unspecified atom stereocenters. The van der Waals surface area contributed by atoms with Gasteiger partial charge in [-0.05, 0) is 25.7 Å². The number of esters is 1. The van der Waals surface area contributed by atoms with Crippen molar-refractivity contribution in [2.75, 3.05) is 0 Å². The summed E-state index contributed by atoms with van der Waals surface area (Å²) in [6.07, 6.45) is 42.6. The van der Waals surface area contributed by atoms with Crippen LogP contribution in [0.5, 0.6) is 0 Å². The molecule has 0 radical (unpaired) electrons. The highest BCUT2D eigenvalue weighted by Crippen LogP contribution is 2.18. The van der Waals surface area contributed by atoms with Gasteiger partial charge in [0.05, 0.1) is 0 Å². The van der Waals surface area contributed by atoms with Crippen LogP contribution < -0.4 is 0 Å². The van der Waals surface area contributed by atoms with Crippen molar-refractivity contribution in [1.82, 2.24) is 0 Å². The molecule has 0 bridgehead atoms. The van der Waals surface area contributed by atoms with Crippen molar-refractivity contribution < 1.29 is 19.4 Å². The van der Waals surface area contributed by atoms with Crippen molar-refractivity contribution in [3.63, 3.8) is 0 Å². The van der Waals surface area contributed by atoms with Crippen molar-refractivity contribution >= 4 is 11.9 Å². The summed E-state index contributed by atoms with van der Waals surface area (Å²) < 4.78 is 5.74. The molecule has 0 aliphatic heterocycles. The van der Waals surface area contributed by atoms with Crippen molar-refractivity contribution in [3.05, 3.63) is 0 Å². The Bertz CT molecular complexity index is 590. The van der Waals surface area contributed by atoms with Crippen LogP contribution in [0.2, 0.25) is 0 Å². The second-order valence-electron chi connectivity index (χ2n) is 13.8. The number of rotatable bonds is 37. The predicted octanol–water partition coefficient (Wildman–Crippen LogP) is 13.7. The Labute approximate surface area is 275 Å². The van der Waals surface area contributed by atoms with E-state index < -0.39 is 5.97 Å². The number of carboxylic acids is 1. The number of aliphatic carboxylic acids is 1. The first-order valence-corrected chi connectivity index (χ1v) is 20.0. The van der Waals surface area contributed by atoms with Crippen molar-refractivity contribution in [1.29, 1.82) is 0 Å².